The summed E-state index contributed by atoms with van der Waals surface area (Å²) in [4.78, 5) is 13.1. The average molecular weight is 237 g/mol. The zero-order chi connectivity index (χ0) is 12.3. The van der Waals surface area contributed by atoms with E-state index in [-0.39, 0.29) is 18.5 Å². The van der Waals surface area contributed by atoms with E-state index in [4.69, 9.17) is 9.52 Å². The van der Waals surface area contributed by atoms with Gasteiger partial charge in [-0.15, -0.1) is 0 Å². The quantitative estimate of drug-likeness (QED) is 0.874. The Kier molecular flexibility index (Phi) is 3.84. The second-order valence-corrected chi connectivity index (χ2v) is 4.68. The highest BCUT2D eigenvalue weighted by Gasteiger charge is 2.29. The minimum Gasteiger partial charge on any atom is -0.481 e. The van der Waals surface area contributed by atoms with Crippen molar-refractivity contribution in [3.05, 3.63) is 24.2 Å². The van der Waals surface area contributed by atoms with Crippen molar-refractivity contribution in [3.63, 3.8) is 0 Å². The summed E-state index contributed by atoms with van der Waals surface area (Å²) in [5.74, 6) is 0.204. The van der Waals surface area contributed by atoms with Crippen LogP contribution in [0.2, 0.25) is 0 Å². The Labute approximate surface area is 101 Å². The van der Waals surface area contributed by atoms with Crippen LogP contribution in [0.15, 0.2) is 22.8 Å². The van der Waals surface area contributed by atoms with Crippen LogP contribution in [0.25, 0.3) is 0 Å². The Hall–Kier alpha value is -1.29. The van der Waals surface area contributed by atoms with E-state index in [9.17, 15) is 4.79 Å². The molecule has 0 saturated carbocycles. The summed E-state index contributed by atoms with van der Waals surface area (Å²) >= 11 is 0. The minimum absolute atomic E-state index is 0.140. The first-order valence-corrected chi connectivity index (χ1v) is 6.19. The molecule has 2 unspecified atom stereocenters. The SMILES string of the molecule is CC(c1ccco1)N1CCCCC1CC(=O)O. The molecule has 1 fully saturated rings. The lowest BCUT2D eigenvalue weighted by molar-refractivity contribution is -0.139. The number of hydrogen-bond acceptors (Lipinski definition) is 3. The van der Waals surface area contributed by atoms with Crippen molar-refractivity contribution in [1.82, 2.24) is 4.90 Å². The second kappa shape index (κ2) is 5.36. The Morgan fingerprint density at radius 2 is 2.47 bits per heavy atom. The number of aliphatic carboxylic acids is 1. The minimum atomic E-state index is -0.714. The van der Waals surface area contributed by atoms with Gasteiger partial charge in [0.1, 0.15) is 5.76 Å². The molecule has 1 aromatic rings. The summed E-state index contributed by atoms with van der Waals surface area (Å²) in [6.07, 6.45) is 5.13. The van der Waals surface area contributed by atoms with Gasteiger partial charge in [-0.3, -0.25) is 9.69 Å². The molecule has 1 aromatic heterocycles. The van der Waals surface area contributed by atoms with Gasteiger partial charge in [0, 0.05) is 6.04 Å². The van der Waals surface area contributed by atoms with Crippen LogP contribution in [0.1, 0.15) is 44.4 Å². The smallest absolute Gasteiger partial charge is 0.304 e. The van der Waals surface area contributed by atoms with Gasteiger partial charge in [0.2, 0.25) is 0 Å². The van der Waals surface area contributed by atoms with E-state index in [0.29, 0.717) is 0 Å². The van der Waals surface area contributed by atoms with Crippen molar-refractivity contribution in [1.29, 1.82) is 0 Å². The zero-order valence-electron chi connectivity index (χ0n) is 10.1. The number of hydrogen-bond donors (Lipinski definition) is 1. The molecule has 1 aliphatic heterocycles. The van der Waals surface area contributed by atoms with Crippen LogP contribution in [-0.4, -0.2) is 28.6 Å². The molecule has 1 saturated heterocycles. The third-order valence-electron chi connectivity index (χ3n) is 3.54. The fourth-order valence-electron chi connectivity index (χ4n) is 2.65. The van der Waals surface area contributed by atoms with Crippen LogP contribution < -0.4 is 0 Å². The standard InChI is InChI=1S/C13H19NO3/c1-10(12-6-4-8-17-12)14-7-3-2-5-11(14)9-13(15)16/h4,6,8,10-11H,2-3,5,7,9H2,1H3,(H,15,16). The molecule has 1 N–H and O–H groups in total. The number of furan rings is 1. The van der Waals surface area contributed by atoms with Gasteiger partial charge in [0.05, 0.1) is 18.7 Å². The molecule has 17 heavy (non-hydrogen) atoms. The topological polar surface area (TPSA) is 53.7 Å². The van der Waals surface area contributed by atoms with E-state index in [1.807, 2.05) is 12.1 Å². The van der Waals surface area contributed by atoms with Crippen LogP contribution in [-0.2, 0) is 4.79 Å². The van der Waals surface area contributed by atoms with Crippen LogP contribution in [0.5, 0.6) is 0 Å². The highest BCUT2D eigenvalue weighted by atomic mass is 16.4. The maximum absolute atomic E-state index is 10.9. The number of carboxylic acid groups (broad SMARTS) is 1. The third-order valence-corrected chi connectivity index (χ3v) is 3.54. The average Bonchev–Trinajstić information content (AvgIpc) is 2.81. The van der Waals surface area contributed by atoms with Gasteiger partial charge in [-0.25, -0.2) is 0 Å². The molecule has 1 aliphatic rings. The van der Waals surface area contributed by atoms with E-state index in [2.05, 4.69) is 11.8 Å². The first-order valence-electron chi connectivity index (χ1n) is 6.19. The lowest BCUT2D eigenvalue weighted by Crippen LogP contribution is -2.42. The van der Waals surface area contributed by atoms with Crippen molar-refractivity contribution in [2.45, 2.75) is 44.7 Å². The predicted octanol–water partition coefficient (Wildman–Crippen LogP) is 2.67. The molecule has 4 heteroatoms. The van der Waals surface area contributed by atoms with Crippen LogP contribution in [0.4, 0.5) is 0 Å². The lowest BCUT2D eigenvalue weighted by Gasteiger charge is -2.38. The van der Waals surface area contributed by atoms with Gasteiger partial charge >= 0.3 is 5.97 Å². The molecular formula is C13H19NO3. The van der Waals surface area contributed by atoms with Crippen LogP contribution >= 0.6 is 0 Å². The van der Waals surface area contributed by atoms with E-state index in [1.54, 1.807) is 6.26 Å². The van der Waals surface area contributed by atoms with Crippen LogP contribution in [0.3, 0.4) is 0 Å². The van der Waals surface area contributed by atoms with Crippen LogP contribution in [0, 0.1) is 0 Å². The first-order chi connectivity index (χ1) is 8.18. The largest absolute Gasteiger partial charge is 0.481 e. The summed E-state index contributed by atoms with van der Waals surface area (Å²) in [5, 5.41) is 8.95. The summed E-state index contributed by atoms with van der Waals surface area (Å²) in [6, 6.07) is 4.13. The van der Waals surface area contributed by atoms with Gasteiger partial charge < -0.3 is 9.52 Å². The molecule has 0 amide bonds. The maximum atomic E-state index is 10.9. The molecule has 94 valence electrons. The molecule has 2 heterocycles. The number of carbonyl (C=O) groups is 1. The summed E-state index contributed by atoms with van der Waals surface area (Å²) in [6.45, 7) is 3.04. The monoisotopic (exact) mass is 237 g/mol. The Bertz CT molecular complexity index is 361. The number of carboxylic acids is 1. The van der Waals surface area contributed by atoms with Gasteiger partial charge in [-0.2, -0.15) is 0 Å². The molecule has 2 atom stereocenters. The molecule has 0 bridgehead atoms. The van der Waals surface area contributed by atoms with E-state index in [1.165, 1.54) is 0 Å². The molecule has 2 rings (SSSR count). The highest BCUT2D eigenvalue weighted by Crippen LogP contribution is 2.29. The Balaban J connectivity index is 2.07. The van der Waals surface area contributed by atoms with Crippen molar-refractivity contribution in [2.75, 3.05) is 6.54 Å². The first kappa shape index (κ1) is 12.2. The number of rotatable bonds is 4. The molecule has 0 radical (unpaired) electrons. The fourth-order valence-corrected chi connectivity index (χ4v) is 2.65. The number of likely N-dealkylation sites (tertiary alicyclic amines) is 1. The second-order valence-electron chi connectivity index (χ2n) is 4.68. The van der Waals surface area contributed by atoms with E-state index < -0.39 is 5.97 Å². The van der Waals surface area contributed by atoms with E-state index in [0.717, 1.165) is 31.6 Å². The highest BCUT2D eigenvalue weighted by molar-refractivity contribution is 5.67. The van der Waals surface area contributed by atoms with Crippen molar-refractivity contribution in [3.8, 4) is 0 Å². The summed E-state index contributed by atoms with van der Waals surface area (Å²) < 4.78 is 5.41. The Morgan fingerprint density at radius 1 is 1.65 bits per heavy atom. The molecular weight excluding hydrogens is 218 g/mol. The third kappa shape index (κ3) is 2.88. The summed E-state index contributed by atoms with van der Waals surface area (Å²) in [7, 11) is 0. The predicted molar refractivity (Wildman–Crippen MR) is 63.7 cm³/mol. The molecule has 0 spiro atoms. The van der Waals surface area contributed by atoms with E-state index >= 15 is 0 Å². The zero-order valence-corrected chi connectivity index (χ0v) is 10.1. The normalized spacial score (nSPS) is 23.5. The maximum Gasteiger partial charge on any atom is 0.304 e. The fraction of sp³-hybridized carbons (Fsp3) is 0.615. The lowest BCUT2D eigenvalue weighted by atomic mass is 9.97. The Morgan fingerprint density at radius 3 is 3.12 bits per heavy atom. The molecule has 0 aromatic carbocycles. The van der Waals surface area contributed by atoms with Gasteiger partial charge in [0.15, 0.2) is 0 Å². The molecule has 0 aliphatic carbocycles. The van der Waals surface area contributed by atoms with Gasteiger partial charge in [0.25, 0.3) is 0 Å². The molecule has 4 nitrogen and oxygen atoms in total. The van der Waals surface area contributed by atoms with Crippen molar-refractivity contribution in [2.24, 2.45) is 0 Å². The van der Waals surface area contributed by atoms with Crippen molar-refractivity contribution < 1.29 is 14.3 Å². The van der Waals surface area contributed by atoms with Gasteiger partial charge in [-0.1, -0.05) is 6.42 Å². The summed E-state index contributed by atoms with van der Waals surface area (Å²) in [5.41, 5.74) is 0. The van der Waals surface area contributed by atoms with Crippen molar-refractivity contribution >= 4 is 5.97 Å². The number of piperidine rings is 1. The van der Waals surface area contributed by atoms with Gasteiger partial charge in [-0.05, 0) is 38.4 Å². The number of nitrogens with zero attached hydrogens (tertiary/aromatic N) is 1.